The van der Waals surface area contributed by atoms with Crippen molar-refractivity contribution in [1.82, 2.24) is 34.7 Å². The Kier molecular flexibility index (Phi) is 8.45. The van der Waals surface area contributed by atoms with E-state index in [-0.39, 0.29) is 29.0 Å². The molecule has 2 aliphatic rings. The van der Waals surface area contributed by atoms with Crippen LogP contribution in [0.4, 0.5) is 11.5 Å². The van der Waals surface area contributed by atoms with Crippen molar-refractivity contribution in [2.24, 2.45) is 14.1 Å². The quantitative estimate of drug-likeness (QED) is 0.214. The fourth-order valence-electron chi connectivity index (χ4n) is 7.00. The number of rotatable bonds is 8. The van der Waals surface area contributed by atoms with Gasteiger partial charge in [-0.1, -0.05) is 41.9 Å². The number of amides is 1. The Hall–Kier alpha value is -5.07. The number of nitrogens with one attached hydrogen (secondary N) is 3. The second-order valence-electron chi connectivity index (χ2n) is 12.7. The van der Waals surface area contributed by atoms with Crippen molar-refractivity contribution in [3.05, 3.63) is 90.8 Å². The molecule has 1 amide bonds. The van der Waals surface area contributed by atoms with Crippen molar-refractivity contribution < 1.29 is 9.53 Å². The summed E-state index contributed by atoms with van der Waals surface area (Å²) in [7, 11) is 4.66. The number of aromatic nitrogens is 5. The molecule has 1 unspecified atom stereocenters. The minimum Gasteiger partial charge on any atom is -0.481 e. The van der Waals surface area contributed by atoms with E-state index in [9.17, 15) is 14.4 Å². The lowest BCUT2D eigenvalue weighted by atomic mass is 9.96. The van der Waals surface area contributed by atoms with E-state index in [1.165, 1.54) is 11.6 Å². The Bertz CT molecular complexity index is 2280. The number of carbonyl (C=O) groups is 1. The average Bonchev–Trinajstić information content (AvgIpc) is 3.71. The molecule has 2 aromatic carbocycles. The van der Waals surface area contributed by atoms with Gasteiger partial charge in [0.25, 0.3) is 5.56 Å². The van der Waals surface area contributed by atoms with E-state index in [1.807, 2.05) is 43.3 Å². The van der Waals surface area contributed by atoms with Gasteiger partial charge in [-0.15, -0.1) is 0 Å². The van der Waals surface area contributed by atoms with Gasteiger partial charge in [0.05, 0.1) is 17.8 Å². The molecule has 49 heavy (non-hydrogen) atoms. The highest BCUT2D eigenvalue weighted by Gasteiger charge is 2.30. The summed E-state index contributed by atoms with van der Waals surface area (Å²) in [6, 6.07) is 14.0. The maximum atomic E-state index is 13.2. The number of anilines is 2. The van der Waals surface area contributed by atoms with Gasteiger partial charge in [0, 0.05) is 61.5 Å². The van der Waals surface area contributed by atoms with E-state index < -0.39 is 11.2 Å². The SMILES string of the molecule is COc1nc(-c2cccc(-c3cccc(Nc4nc(C)nc5c4c(=O)n(C)c(=O)n5C)c3C)c2Cl)cc2c1C(NC[C@H]1CCC(=O)N1)CC2. The summed E-state index contributed by atoms with van der Waals surface area (Å²) in [5.74, 6) is 1.41. The predicted octanol–water partition coefficient (Wildman–Crippen LogP) is 4.63. The lowest BCUT2D eigenvalue weighted by Crippen LogP contribution is -2.37. The van der Waals surface area contributed by atoms with Gasteiger partial charge in [0.2, 0.25) is 11.8 Å². The van der Waals surface area contributed by atoms with Crippen molar-refractivity contribution in [3.63, 3.8) is 0 Å². The van der Waals surface area contributed by atoms with Crippen LogP contribution in [0.5, 0.6) is 5.88 Å². The monoisotopic (exact) mass is 680 g/mol. The molecule has 0 spiro atoms. The van der Waals surface area contributed by atoms with Gasteiger partial charge < -0.3 is 20.7 Å². The molecule has 13 heteroatoms. The van der Waals surface area contributed by atoms with E-state index >= 15 is 0 Å². The third-order valence-electron chi connectivity index (χ3n) is 9.61. The number of aryl methyl sites for hydroxylation is 3. The van der Waals surface area contributed by atoms with Crippen molar-refractivity contribution in [2.45, 2.75) is 51.6 Å². The molecule has 0 bridgehead atoms. The number of hydrogen-bond donors (Lipinski definition) is 3. The molecule has 1 aliphatic heterocycles. The van der Waals surface area contributed by atoms with Crippen LogP contribution in [0, 0.1) is 13.8 Å². The minimum atomic E-state index is -0.480. The number of halogens is 1. The number of pyridine rings is 1. The molecular formula is C36H37ClN8O4. The normalized spacial score (nSPS) is 17.0. The molecule has 3 aromatic heterocycles. The van der Waals surface area contributed by atoms with Gasteiger partial charge in [-0.2, -0.15) is 0 Å². The Morgan fingerprint density at radius 1 is 0.959 bits per heavy atom. The van der Waals surface area contributed by atoms with E-state index in [4.69, 9.17) is 21.3 Å². The molecule has 4 heterocycles. The summed E-state index contributed by atoms with van der Waals surface area (Å²) >= 11 is 7.20. The molecule has 5 aromatic rings. The second-order valence-corrected chi connectivity index (χ2v) is 13.1. The van der Waals surface area contributed by atoms with E-state index in [0.717, 1.165) is 68.6 Å². The molecule has 252 valence electrons. The Morgan fingerprint density at radius 3 is 2.47 bits per heavy atom. The van der Waals surface area contributed by atoms with Crippen molar-refractivity contribution in [2.75, 3.05) is 19.0 Å². The number of fused-ring (bicyclic) bond motifs is 2. The Labute approximate surface area is 287 Å². The van der Waals surface area contributed by atoms with Crippen molar-refractivity contribution in [3.8, 4) is 28.3 Å². The van der Waals surface area contributed by atoms with Crippen LogP contribution >= 0.6 is 11.6 Å². The van der Waals surface area contributed by atoms with Crippen LogP contribution < -0.4 is 31.9 Å². The first-order valence-corrected chi connectivity index (χ1v) is 16.6. The molecule has 1 aliphatic carbocycles. The maximum absolute atomic E-state index is 13.2. The molecular weight excluding hydrogens is 644 g/mol. The van der Waals surface area contributed by atoms with Crippen LogP contribution in [0.1, 0.15) is 47.8 Å². The maximum Gasteiger partial charge on any atom is 0.332 e. The van der Waals surface area contributed by atoms with Crippen LogP contribution in [0.25, 0.3) is 33.4 Å². The third kappa shape index (κ3) is 5.74. The second kappa shape index (κ2) is 12.8. The zero-order valence-corrected chi connectivity index (χ0v) is 28.7. The molecule has 1 fully saturated rings. The van der Waals surface area contributed by atoms with E-state index in [2.05, 4.69) is 32.0 Å². The van der Waals surface area contributed by atoms with Crippen LogP contribution in [-0.4, -0.2) is 49.7 Å². The van der Waals surface area contributed by atoms with Crippen LogP contribution in [0.2, 0.25) is 5.02 Å². The number of benzene rings is 2. The Morgan fingerprint density at radius 2 is 1.71 bits per heavy atom. The highest BCUT2D eigenvalue weighted by Crippen LogP contribution is 2.43. The number of methoxy groups -OCH3 is 1. The van der Waals surface area contributed by atoms with E-state index in [1.54, 1.807) is 21.1 Å². The van der Waals surface area contributed by atoms with Gasteiger partial charge in [0.1, 0.15) is 17.0 Å². The first-order valence-electron chi connectivity index (χ1n) is 16.3. The van der Waals surface area contributed by atoms with Gasteiger partial charge in [-0.3, -0.25) is 18.7 Å². The van der Waals surface area contributed by atoms with Crippen LogP contribution in [0.15, 0.2) is 52.1 Å². The molecule has 12 nitrogen and oxygen atoms in total. The van der Waals surface area contributed by atoms with Gasteiger partial charge >= 0.3 is 5.69 Å². The zero-order valence-electron chi connectivity index (χ0n) is 28.0. The molecule has 3 N–H and O–H groups in total. The highest BCUT2D eigenvalue weighted by atomic mass is 35.5. The lowest BCUT2D eigenvalue weighted by Gasteiger charge is -2.20. The standard InChI is InChI=1S/C36H37ClN8O4/c1-18-22(8-7-11-25(18)42-32-30-33(40-19(2)39-32)44(3)36(48)45(4)35(30)47)23-9-6-10-24(31(23)37)27-16-20-12-14-26(29(20)34(43-27)49-5)38-17-21-13-15-28(46)41-21/h6-11,16,21,26,38H,12-15,17H2,1-5H3,(H,41,46)(H,39,40,42)/t21-,26?/m1/s1. The van der Waals surface area contributed by atoms with Crippen molar-refractivity contribution >= 4 is 40.0 Å². The molecule has 2 atom stereocenters. The van der Waals surface area contributed by atoms with E-state index in [0.29, 0.717) is 35.5 Å². The summed E-state index contributed by atoms with van der Waals surface area (Å²) < 4.78 is 8.23. The highest BCUT2D eigenvalue weighted by molar-refractivity contribution is 6.36. The summed E-state index contributed by atoms with van der Waals surface area (Å²) in [4.78, 5) is 51.4. The number of nitrogens with zero attached hydrogens (tertiary/aromatic N) is 5. The fraction of sp³-hybridized carbons (Fsp3) is 0.333. The summed E-state index contributed by atoms with van der Waals surface area (Å²) in [5.41, 5.74) is 6.37. The van der Waals surface area contributed by atoms with Crippen LogP contribution in [0.3, 0.4) is 0 Å². The number of hydrogen-bond acceptors (Lipinski definition) is 9. The predicted molar refractivity (Wildman–Crippen MR) is 190 cm³/mol. The summed E-state index contributed by atoms with van der Waals surface area (Å²) in [6.45, 7) is 4.40. The summed E-state index contributed by atoms with van der Waals surface area (Å²) in [5, 5.41) is 10.8. The largest absolute Gasteiger partial charge is 0.481 e. The molecule has 7 rings (SSSR count). The lowest BCUT2D eigenvalue weighted by molar-refractivity contribution is -0.119. The first-order chi connectivity index (χ1) is 23.5. The average molecular weight is 681 g/mol. The first kappa shape index (κ1) is 32.5. The molecule has 0 radical (unpaired) electrons. The number of carbonyl (C=O) groups excluding carboxylic acids is 1. The third-order valence-corrected chi connectivity index (χ3v) is 10.0. The fourth-order valence-corrected chi connectivity index (χ4v) is 7.33. The molecule has 0 saturated carbocycles. The minimum absolute atomic E-state index is 0.0876. The van der Waals surface area contributed by atoms with Crippen molar-refractivity contribution in [1.29, 1.82) is 0 Å². The van der Waals surface area contributed by atoms with Gasteiger partial charge in [-0.25, -0.2) is 19.7 Å². The Balaban J connectivity index is 1.23. The summed E-state index contributed by atoms with van der Waals surface area (Å²) in [6.07, 6.45) is 3.19. The molecule has 1 saturated heterocycles. The van der Waals surface area contributed by atoms with Gasteiger partial charge in [0.15, 0.2) is 5.65 Å². The van der Waals surface area contributed by atoms with Gasteiger partial charge in [-0.05, 0) is 61.9 Å². The number of ether oxygens (including phenoxy) is 1. The van der Waals surface area contributed by atoms with Crippen LogP contribution in [-0.2, 0) is 25.3 Å². The smallest absolute Gasteiger partial charge is 0.332 e. The zero-order chi connectivity index (χ0) is 34.6. The topological polar surface area (TPSA) is 145 Å².